The van der Waals surface area contributed by atoms with Gasteiger partial charge < -0.3 is 5.32 Å². The van der Waals surface area contributed by atoms with Gasteiger partial charge in [0.1, 0.15) is 0 Å². The Balaban J connectivity index is 1.92. The summed E-state index contributed by atoms with van der Waals surface area (Å²) in [5, 5.41) is 6.22. The van der Waals surface area contributed by atoms with Crippen molar-refractivity contribution in [3.05, 3.63) is 32.8 Å². The zero-order valence-corrected chi connectivity index (χ0v) is 11.5. The first-order valence-electron chi connectivity index (χ1n) is 6.20. The van der Waals surface area contributed by atoms with E-state index in [1.807, 2.05) is 0 Å². The molecule has 0 aliphatic carbocycles. The van der Waals surface area contributed by atoms with E-state index in [0.29, 0.717) is 11.6 Å². The number of nitrogens with zero attached hydrogens (tertiary/aromatic N) is 2. The molecule has 3 rings (SSSR count). The van der Waals surface area contributed by atoms with E-state index in [1.165, 1.54) is 4.52 Å². The van der Waals surface area contributed by atoms with Crippen molar-refractivity contribution in [3.8, 4) is 0 Å². The summed E-state index contributed by atoms with van der Waals surface area (Å²) in [6.45, 7) is 2.14. The molecule has 0 radical (unpaired) electrons. The molecule has 1 aliphatic rings. The highest BCUT2D eigenvalue weighted by atomic mass is 79.9. The van der Waals surface area contributed by atoms with Crippen LogP contribution in [0.15, 0.2) is 21.5 Å². The molecular weight excluding hydrogens is 296 g/mol. The van der Waals surface area contributed by atoms with Crippen LogP contribution in [0.25, 0.3) is 5.65 Å². The third-order valence-electron chi connectivity index (χ3n) is 3.46. The van der Waals surface area contributed by atoms with E-state index < -0.39 is 0 Å². The van der Waals surface area contributed by atoms with Crippen LogP contribution in [0.5, 0.6) is 0 Å². The summed E-state index contributed by atoms with van der Waals surface area (Å²) < 4.78 is 2.28. The van der Waals surface area contributed by atoms with Crippen LogP contribution in [0.3, 0.4) is 0 Å². The number of hydrogen-bond donors (Lipinski definition) is 2. The zero-order chi connectivity index (χ0) is 12.5. The van der Waals surface area contributed by atoms with Crippen molar-refractivity contribution in [2.24, 2.45) is 5.92 Å². The van der Waals surface area contributed by atoms with Crippen molar-refractivity contribution in [3.63, 3.8) is 0 Å². The number of aromatic amines is 1. The van der Waals surface area contributed by atoms with Gasteiger partial charge in [0.2, 0.25) is 0 Å². The van der Waals surface area contributed by atoms with Crippen molar-refractivity contribution in [1.29, 1.82) is 0 Å². The zero-order valence-electron chi connectivity index (χ0n) is 9.95. The van der Waals surface area contributed by atoms with Gasteiger partial charge in [-0.1, -0.05) is 0 Å². The highest BCUT2D eigenvalue weighted by Gasteiger charge is 2.15. The van der Waals surface area contributed by atoms with Crippen molar-refractivity contribution in [2.45, 2.75) is 19.3 Å². The largest absolute Gasteiger partial charge is 0.317 e. The fourth-order valence-corrected chi connectivity index (χ4v) is 2.86. The van der Waals surface area contributed by atoms with Crippen molar-refractivity contribution in [1.82, 2.24) is 19.9 Å². The lowest BCUT2D eigenvalue weighted by Crippen LogP contribution is -2.29. The quantitative estimate of drug-likeness (QED) is 0.879. The van der Waals surface area contributed by atoms with Crippen molar-refractivity contribution < 1.29 is 0 Å². The first-order chi connectivity index (χ1) is 8.74. The summed E-state index contributed by atoms with van der Waals surface area (Å²) in [5.74, 6) is 0.637. The molecule has 0 bridgehead atoms. The summed E-state index contributed by atoms with van der Waals surface area (Å²) in [7, 11) is 0. The topological polar surface area (TPSA) is 62.2 Å². The first kappa shape index (κ1) is 11.9. The van der Waals surface area contributed by atoms with E-state index in [9.17, 15) is 4.79 Å². The lowest BCUT2D eigenvalue weighted by molar-refractivity contribution is 0.370. The van der Waals surface area contributed by atoms with E-state index in [4.69, 9.17) is 0 Å². The SMILES string of the molecule is O=c1cc(CC2CCNCC2)nc2c(Br)c[nH]n12. The average molecular weight is 311 g/mol. The predicted octanol–water partition coefficient (Wildman–Crippen LogP) is 1.33. The second-order valence-electron chi connectivity index (χ2n) is 4.76. The van der Waals surface area contributed by atoms with Gasteiger partial charge in [-0.25, -0.2) is 9.50 Å². The van der Waals surface area contributed by atoms with Crippen molar-refractivity contribution in [2.75, 3.05) is 13.1 Å². The molecule has 0 aromatic carbocycles. The van der Waals surface area contributed by atoms with E-state index in [1.54, 1.807) is 12.3 Å². The van der Waals surface area contributed by atoms with Crippen LogP contribution < -0.4 is 10.9 Å². The molecule has 2 N–H and O–H groups in total. The molecule has 18 heavy (non-hydrogen) atoms. The molecule has 6 heteroatoms. The number of piperidine rings is 1. The Morgan fingerprint density at radius 3 is 3.00 bits per heavy atom. The van der Waals surface area contributed by atoms with Crippen LogP contribution in [0.2, 0.25) is 0 Å². The molecule has 2 aromatic heterocycles. The molecule has 0 atom stereocenters. The molecule has 1 aliphatic heterocycles. The number of halogens is 1. The molecule has 0 spiro atoms. The third kappa shape index (κ3) is 2.22. The summed E-state index contributed by atoms with van der Waals surface area (Å²) >= 11 is 3.40. The molecule has 1 fully saturated rings. The monoisotopic (exact) mass is 310 g/mol. The smallest absolute Gasteiger partial charge is 0.272 e. The van der Waals surface area contributed by atoms with Gasteiger partial charge in [0.05, 0.1) is 4.47 Å². The van der Waals surface area contributed by atoms with E-state index in [2.05, 4.69) is 31.3 Å². The van der Waals surface area contributed by atoms with Gasteiger partial charge in [0.15, 0.2) is 5.65 Å². The summed E-state index contributed by atoms with van der Waals surface area (Å²) in [5.41, 5.74) is 1.52. The third-order valence-corrected chi connectivity index (χ3v) is 4.05. The summed E-state index contributed by atoms with van der Waals surface area (Å²) in [6, 6.07) is 1.64. The molecule has 0 unspecified atom stereocenters. The number of fused-ring (bicyclic) bond motifs is 1. The van der Waals surface area contributed by atoms with Crippen LogP contribution in [0.1, 0.15) is 18.5 Å². The molecule has 2 aromatic rings. The van der Waals surface area contributed by atoms with E-state index in [0.717, 1.165) is 42.5 Å². The maximum atomic E-state index is 11.9. The Bertz CT molecular complexity index is 612. The molecule has 0 amide bonds. The maximum Gasteiger partial charge on any atom is 0.272 e. The minimum atomic E-state index is -0.0466. The number of hydrogen-bond acceptors (Lipinski definition) is 3. The fourth-order valence-electron chi connectivity index (χ4n) is 2.49. The van der Waals surface area contributed by atoms with Crippen LogP contribution in [0, 0.1) is 5.92 Å². The van der Waals surface area contributed by atoms with Gasteiger partial charge in [-0.15, -0.1) is 0 Å². The van der Waals surface area contributed by atoms with Gasteiger partial charge >= 0.3 is 0 Å². The Morgan fingerprint density at radius 1 is 1.44 bits per heavy atom. The molecular formula is C12H15BrN4O. The normalized spacial score (nSPS) is 17.4. The van der Waals surface area contributed by atoms with Gasteiger partial charge in [0, 0.05) is 18.0 Å². The summed E-state index contributed by atoms with van der Waals surface area (Å²) in [6.07, 6.45) is 4.95. The van der Waals surface area contributed by atoms with Crippen LogP contribution in [-0.4, -0.2) is 27.7 Å². The minimum absolute atomic E-state index is 0.0466. The van der Waals surface area contributed by atoms with Gasteiger partial charge in [-0.2, -0.15) is 0 Å². The summed E-state index contributed by atoms with van der Waals surface area (Å²) in [4.78, 5) is 16.5. The second kappa shape index (κ2) is 4.85. The second-order valence-corrected chi connectivity index (χ2v) is 5.62. The lowest BCUT2D eigenvalue weighted by Gasteiger charge is -2.21. The molecule has 3 heterocycles. The number of H-pyrrole nitrogens is 1. The van der Waals surface area contributed by atoms with Gasteiger partial charge in [-0.05, 0) is 54.2 Å². The van der Waals surface area contributed by atoms with Crippen LogP contribution in [0.4, 0.5) is 0 Å². The fraction of sp³-hybridized carbons (Fsp3) is 0.500. The molecule has 5 nitrogen and oxygen atoms in total. The highest BCUT2D eigenvalue weighted by Crippen LogP contribution is 2.18. The Labute approximate surface area is 113 Å². The number of nitrogens with one attached hydrogen (secondary N) is 2. The average Bonchev–Trinajstić information content (AvgIpc) is 2.73. The molecule has 0 saturated carbocycles. The standard InChI is InChI=1S/C12H15BrN4O/c13-10-7-15-17-11(18)6-9(16-12(10)17)5-8-1-3-14-4-2-8/h6-8,14-15H,1-5H2. The lowest BCUT2D eigenvalue weighted by atomic mass is 9.93. The minimum Gasteiger partial charge on any atom is -0.317 e. The predicted molar refractivity (Wildman–Crippen MR) is 72.8 cm³/mol. The Morgan fingerprint density at radius 2 is 2.22 bits per heavy atom. The van der Waals surface area contributed by atoms with E-state index in [-0.39, 0.29) is 5.56 Å². The molecule has 1 saturated heterocycles. The van der Waals surface area contributed by atoms with Gasteiger partial charge in [0.25, 0.3) is 5.56 Å². The number of aromatic nitrogens is 3. The Hall–Kier alpha value is -1.14. The number of rotatable bonds is 2. The Kier molecular flexibility index (Phi) is 3.22. The first-order valence-corrected chi connectivity index (χ1v) is 6.99. The van der Waals surface area contributed by atoms with Crippen LogP contribution in [-0.2, 0) is 6.42 Å². The van der Waals surface area contributed by atoms with Crippen molar-refractivity contribution >= 4 is 21.6 Å². The van der Waals surface area contributed by atoms with Crippen LogP contribution >= 0.6 is 15.9 Å². The molecule has 96 valence electrons. The van der Waals surface area contributed by atoms with E-state index >= 15 is 0 Å². The maximum absolute atomic E-state index is 11.9. The van der Waals surface area contributed by atoms with Gasteiger partial charge in [-0.3, -0.25) is 9.89 Å². The highest BCUT2D eigenvalue weighted by molar-refractivity contribution is 9.10.